The number of carboxylic acids is 1. The summed E-state index contributed by atoms with van der Waals surface area (Å²) in [6, 6.07) is 7.34. The summed E-state index contributed by atoms with van der Waals surface area (Å²) in [5.74, 6) is -1.85. The summed E-state index contributed by atoms with van der Waals surface area (Å²) < 4.78 is 17.0. The maximum atomic E-state index is 12.0. The topological polar surface area (TPSA) is 134 Å². The molecule has 5 N–H and O–H groups in total. The van der Waals surface area contributed by atoms with E-state index in [0.29, 0.717) is 11.3 Å². The Morgan fingerprint density at radius 3 is 2.48 bits per heavy atom. The van der Waals surface area contributed by atoms with E-state index in [2.05, 4.69) is 15.5 Å². The van der Waals surface area contributed by atoms with Crippen molar-refractivity contribution in [2.24, 2.45) is 0 Å². The summed E-state index contributed by atoms with van der Waals surface area (Å²) in [6.45, 7) is 1.71. The van der Waals surface area contributed by atoms with Crippen LogP contribution in [0.15, 0.2) is 47.2 Å². The Kier molecular flexibility index (Phi) is 5.51. The van der Waals surface area contributed by atoms with Crippen LogP contribution >= 0.6 is 0 Å². The molecule has 3 rings (SSSR count). The highest BCUT2D eigenvalue weighted by Gasteiger charge is 2.18. The van der Waals surface area contributed by atoms with Gasteiger partial charge in [0.25, 0.3) is 5.91 Å². The number of aromatic carboxylic acids is 1. The maximum absolute atomic E-state index is 12.0. The molecule has 0 radical (unpaired) electrons. The number of amides is 1. The monoisotopic (exact) mass is 346 g/mol. The molecule has 0 atom stereocenters. The quantitative estimate of drug-likeness (QED) is 0.539. The first-order valence-corrected chi connectivity index (χ1v) is 7.02. The highest BCUT2D eigenvalue weighted by atomic mass is 19.1. The van der Waals surface area contributed by atoms with Gasteiger partial charge in [-0.1, -0.05) is 0 Å². The second-order valence-electron chi connectivity index (χ2n) is 4.89. The Morgan fingerprint density at radius 2 is 1.96 bits per heavy atom. The minimum atomic E-state index is -1.22. The van der Waals surface area contributed by atoms with Crippen molar-refractivity contribution in [3.63, 3.8) is 0 Å². The van der Waals surface area contributed by atoms with Gasteiger partial charge in [0.1, 0.15) is 5.82 Å². The minimum absolute atomic E-state index is 0.0956. The molecule has 2 aromatic heterocycles. The fourth-order valence-electron chi connectivity index (χ4n) is 1.80. The highest BCUT2D eigenvalue weighted by molar-refractivity contribution is 6.06. The van der Waals surface area contributed by atoms with Gasteiger partial charge in [0.05, 0.1) is 12.0 Å². The van der Waals surface area contributed by atoms with Gasteiger partial charge in [-0.15, -0.1) is 0 Å². The fraction of sp³-hybridized carbons (Fsp3) is 0.0625. The number of nitrogens with two attached hydrogens (primary N) is 1. The summed E-state index contributed by atoms with van der Waals surface area (Å²) in [7, 11) is 0. The smallest absolute Gasteiger partial charge is 0.358 e. The van der Waals surface area contributed by atoms with Gasteiger partial charge < -0.3 is 20.6 Å². The van der Waals surface area contributed by atoms with Gasteiger partial charge in [-0.3, -0.25) is 9.89 Å². The lowest BCUT2D eigenvalue weighted by atomic mass is 10.2. The van der Waals surface area contributed by atoms with Crippen LogP contribution in [0, 0.1) is 12.7 Å². The van der Waals surface area contributed by atoms with Crippen molar-refractivity contribution in [2.45, 2.75) is 6.92 Å². The van der Waals surface area contributed by atoms with E-state index in [1.165, 1.54) is 36.7 Å². The number of nitrogen functional groups attached to an aromatic ring is 1. The molecule has 3 aromatic rings. The SMILES string of the molecule is Cc1ccoc1C(=O)Nc1c[nH]nc1C(=O)O.Nc1ccc(F)cc1. The number of aromatic nitrogens is 2. The van der Waals surface area contributed by atoms with Crippen LogP contribution < -0.4 is 11.1 Å². The molecule has 0 aliphatic heterocycles. The van der Waals surface area contributed by atoms with Crippen LogP contribution in [-0.4, -0.2) is 27.2 Å². The molecular weight excluding hydrogens is 331 g/mol. The number of furan rings is 1. The second-order valence-corrected chi connectivity index (χ2v) is 4.89. The third-order valence-electron chi connectivity index (χ3n) is 3.03. The number of hydrogen-bond donors (Lipinski definition) is 4. The van der Waals surface area contributed by atoms with Crippen molar-refractivity contribution in [3.8, 4) is 0 Å². The van der Waals surface area contributed by atoms with Crippen LogP contribution in [0.1, 0.15) is 26.6 Å². The second kappa shape index (κ2) is 7.77. The van der Waals surface area contributed by atoms with Gasteiger partial charge >= 0.3 is 5.97 Å². The molecule has 0 aliphatic rings. The van der Waals surface area contributed by atoms with Gasteiger partial charge in [0.15, 0.2) is 11.5 Å². The molecule has 0 spiro atoms. The number of hydrogen-bond acceptors (Lipinski definition) is 5. The van der Waals surface area contributed by atoms with Crippen LogP contribution in [0.4, 0.5) is 15.8 Å². The zero-order valence-corrected chi connectivity index (χ0v) is 13.1. The standard InChI is InChI=1S/C10H9N3O4.C6H6FN/c1-5-2-3-17-8(5)9(14)12-6-4-11-13-7(6)10(15)16;7-5-1-3-6(8)4-2-5/h2-4H,1H3,(H,11,13)(H,12,14)(H,15,16);1-4H,8H2. The first-order valence-electron chi connectivity index (χ1n) is 7.02. The number of anilines is 2. The van der Waals surface area contributed by atoms with E-state index < -0.39 is 11.9 Å². The number of H-pyrrole nitrogens is 1. The first-order chi connectivity index (χ1) is 11.9. The number of carbonyl (C=O) groups is 2. The summed E-state index contributed by atoms with van der Waals surface area (Å²) in [6.07, 6.45) is 2.68. The molecule has 0 saturated heterocycles. The normalized spacial score (nSPS) is 9.84. The number of aromatic amines is 1. The number of carboxylic acid groups (broad SMARTS) is 1. The van der Waals surface area contributed by atoms with Crippen molar-refractivity contribution in [2.75, 3.05) is 11.1 Å². The Bertz CT molecular complexity index is 849. The highest BCUT2D eigenvalue weighted by Crippen LogP contribution is 2.15. The summed E-state index contributed by atoms with van der Waals surface area (Å²) >= 11 is 0. The zero-order valence-electron chi connectivity index (χ0n) is 13.1. The van der Waals surface area contributed by atoms with Crippen molar-refractivity contribution < 1.29 is 23.5 Å². The van der Waals surface area contributed by atoms with Crippen molar-refractivity contribution in [3.05, 3.63) is 65.6 Å². The van der Waals surface area contributed by atoms with Crippen LogP contribution in [0.25, 0.3) is 0 Å². The molecule has 0 unspecified atom stereocenters. The molecule has 0 aliphatic carbocycles. The van der Waals surface area contributed by atoms with E-state index in [9.17, 15) is 14.0 Å². The Hall–Kier alpha value is -3.62. The Morgan fingerprint density at radius 1 is 1.28 bits per heavy atom. The largest absolute Gasteiger partial charge is 0.476 e. The van der Waals surface area contributed by atoms with E-state index in [1.807, 2.05) is 0 Å². The van der Waals surface area contributed by atoms with Crippen molar-refractivity contribution in [1.29, 1.82) is 0 Å². The minimum Gasteiger partial charge on any atom is -0.476 e. The maximum Gasteiger partial charge on any atom is 0.358 e. The van der Waals surface area contributed by atoms with E-state index in [1.54, 1.807) is 13.0 Å². The number of nitrogens with one attached hydrogen (secondary N) is 2. The van der Waals surface area contributed by atoms with E-state index in [-0.39, 0.29) is 23.0 Å². The lowest BCUT2D eigenvalue weighted by Gasteiger charge is -2.01. The van der Waals surface area contributed by atoms with Crippen LogP contribution in [0.2, 0.25) is 0 Å². The molecule has 0 fully saturated rings. The number of carbonyl (C=O) groups excluding carboxylic acids is 1. The van der Waals surface area contributed by atoms with Gasteiger partial charge in [0, 0.05) is 17.4 Å². The lowest BCUT2D eigenvalue weighted by Crippen LogP contribution is -2.14. The molecule has 8 nitrogen and oxygen atoms in total. The van der Waals surface area contributed by atoms with E-state index in [4.69, 9.17) is 15.3 Å². The van der Waals surface area contributed by atoms with Crippen LogP contribution in [-0.2, 0) is 0 Å². The van der Waals surface area contributed by atoms with Gasteiger partial charge in [0.2, 0.25) is 0 Å². The lowest BCUT2D eigenvalue weighted by molar-refractivity contribution is 0.0691. The predicted molar refractivity (Wildman–Crippen MR) is 87.8 cm³/mol. The molecule has 1 amide bonds. The average Bonchev–Trinajstić information content (AvgIpc) is 3.19. The number of halogens is 1. The van der Waals surface area contributed by atoms with Crippen molar-refractivity contribution >= 4 is 23.3 Å². The fourth-order valence-corrected chi connectivity index (χ4v) is 1.80. The average molecular weight is 346 g/mol. The summed E-state index contributed by atoms with van der Waals surface area (Å²) in [4.78, 5) is 22.5. The number of benzene rings is 1. The number of aryl methyl sites for hydroxylation is 1. The Labute approximate surface area is 141 Å². The molecule has 130 valence electrons. The van der Waals surface area contributed by atoms with E-state index >= 15 is 0 Å². The molecule has 9 heteroatoms. The third-order valence-corrected chi connectivity index (χ3v) is 3.03. The summed E-state index contributed by atoms with van der Waals surface area (Å²) in [5, 5.41) is 17.1. The molecule has 0 bridgehead atoms. The van der Waals surface area contributed by atoms with Gasteiger partial charge in [-0.2, -0.15) is 5.10 Å². The van der Waals surface area contributed by atoms with Crippen LogP contribution in [0.5, 0.6) is 0 Å². The number of rotatable bonds is 3. The van der Waals surface area contributed by atoms with Crippen molar-refractivity contribution in [1.82, 2.24) is 10.2 Å². The first kappa shape index (κ1) is 17.7. The number of nitrogens with zero attached hydrogens (tertiary/aromatic N) is 1. The molecule has 0 saturated carbocycles. The molecule has 2 heterocycles. The van der Waals surface area contributed by atoms with Gasteiger partial charge in [-0.25, -0.2) is 9.18 Å². The molecule has 25 heavy (non-hydrogen) atoms. The van der Waals surface area contributed by atoms with Crippen LogP contribution in [0.3, 0.4) is 0 Å². The van der Waals surface area contributed by atoms with Gasteiger partial charge in [-0.05, 0) is 37.3 Å². The summed E-state index contributed by atoms with van der Waals surface area (Å²) in [5.41, 5.74) is 6.37. The predicted octanol–water partition coefficient (Wildman–Crippen LogP) is 2.67. The Balaban J connectivity index is 0.000000236. The molecule has 1 aromatic carbocycles. The third kappa shape index (κ3) is 4.67. The van der Waals surface area contributed by atoms with E-state index in [0.717, 1.165) is 0 Å². The molecular formula is C16H15FN4O4. The zero-order chi connectivity index (χ0) is 18.4.